The second-order valence-corrected chi connectivity index (χ2v) is 0. The van der Waals surface area contributed by atoms with E-state index in [0.717, 1.165) is 0 Å². The zero-order chi connectivity index (χ0) is 0. The van der Waals surface area contributed by atoms with Crippen molar-refractivity contribution in [3.05, 3.63) is 0 Å². The van der Waals surface area contributed by atoms with Gasteiger partial charge >= 0.3 is 0 Å². The molecule has 0 aliphatic rings. The molecule has 27 N–H and O–H groups in total. The molecule has 0 aromatic heterocycles. The van der Waals surface area contributed by atoms with E-state index in [1.807, 2.05) is 0 Å². The second kappa shape index (κ2) is 6940000000. The molecule has 0 radical (unpaired) electrons. The van der Waals surface area contributed by atoms with Crippen LogP contribution in [-0.4, -0.2) is 65.7 Å². The third-order valence-corrected chi connectivity index (χ3v) is 0. The van der Waals surface area contributed by atoms with Crippen LogP contribution in [0.4, 0.5) is 0 Å². The van der Waals surface area contributed by atoms with E-state index < -0.39 is 0 Å². The Balaban J connectivity index is 0. The molecule has 112 valence electrons. The van der Waals surface area contributed by atoms with Crippen molar-refractivity contribution in [2.24, 2.45) is 0 Å². The molecular formula is H27FeNO12. The molecule has 14 heavy (non-hydrogen) atoms. The van der Waals surface area contributed by atoms with E-state index in [0.29, 0.717) is 0 Å². The van der Waals surface area contributed by atoms with Gasteiger partial charge in [-0.2, -0.15) is 0 Å². The summed E-state index contributed by atoms with van der Waals surface area (Å²) in [6.07, 6.45) is 0. The first-order valence-electron chi connectivity index (χ1n) is 0. The van der Waals surface area contributed by atoms with Crippen LogP contribution in [0.1, 0.15) is 0 Å². The Bertz CT molecular complexity index is 10.3. The Morgan fingerprint density at radius 2 is 0.214 bits per heavy atom. The molecule has 0 unspecified atom stereocenters. The molecule has 0 aliphatic carbocycles. The van der Waals surface area contributed by atoms with Crippen molar-refractivity contribution >= 4 is 0 Å². The summed E-state index contributed by atoms with van der Waals surface area (Å²) >= 11 is 0. The topological polar surface area (TPSA) is 413 Å². The fourth-order valence-electron chi connectivity index (χ4n) is 0. The molecule has 0 atom stereocenters. The van der Waals surface area contributed by atoms with Crippen LogP contribution in [0, 0.1) is 0 Å². The van der Waals surface area contributed by atoms with Crippen LogP contribution in [0.5, 0.6) is 0 Å². The maximum Gasteiger partial charge on any atom is 0 e. The van der Waals surface area contributed by atoms with Gasteiger partial charge in [0.2, 0.25) is 0 Å². The molecular weight excluding hydrogens is 262 g/mol. The van der Waals surface area contributed by atoms with Gasteiger partial charge in [-0.05, 0) is 0 Å². The Morgan fingerprint density at radius 3 is 0.214 bits per heavy atom. The number of hydrogen-bond donors (Lipinski definition) is 1. The van der Waals surface area contributed by atoms with Gasteiger partial charge < -0.3 is 71.9 Å². The monoisotopic (exact) mass is 289 g/mol. The SMILES string of the molecule is N.O.O.O.O.O.O.O.O.O.O.O.O.[Fe]. The average Bonchev–Trinajstić information content (AvgIpc) is 0. The Labute approximate surface area is 89.9 Å². The van der Waals surface area contributed by atoms with E-state index in [4.69, 9.17) is 0 Å². The standard InChI is InChI=1S/Fe.H3N.12H2O/h;1H3;12*1H2. The van der Waals surface area contributed by atoms with Crippen LogP contribution in [0.3, 0.4) is 0 Å². The van der Waals surface area contributed by atoms with Gasteiger partial charge in [0.1, 0.15) is 0 Å². The Kier molecular flexibility index (Phi) is 4340000000000000000. The van der Waals surface area contributed by atoms with Crippen molar-refractivity contribution in [1.82, 2.24) is 6.15 Å². The summed E-state index contributed by atoms with van der Waals surface area (Å²) in [7, 11) is 0. The largest absolute Gasteiger partial charge is 0.412 e. The third-order valence-electron chi connectivity index (χ3n) is 0. The van der Waals surface area contributed by atoms with Gasteiger partial charge in [-0.1, -0.05) is 0 Å². The number of rotatable bonds is 0. The van der Waals surface area contributed by atoms with Crippen molar-refractivity contribution < 1.29 is 82.8 Å². The zero-order valence-corrected chi connectivity index (χ0v) is 8.16. The van der Waals surface area contributed by atoms with Gasteiger partial charge in [0.25, 0.3) is 0 Å². The predicted molar refractivity (Wildman–Crippen MR) is 48.4 cm³/mol. The van der Waals surface area contributed by atoms with Crippen LogP contribution < -0.4 is 6.15 Å². The first-order chi connectivity index (χ1) is 0. The summed E-state index contributed by atoms with van der Waals surface area (Å²) in [4.78, 5) is 0. The van der Waals surface area contributed by atoms with Crippen LogP contribution >= 0.6 is 0 Å². The second-order valence-electron chi connectivity index (χ2n) is 0. The summed E-state index contributed by atoms with van der Waals surface area (Å²) in [6, 6.07) is 0. The molecule has 14 heteroatoms. The van der Waals surface area contributed by atoms with Gasteiger partial charge in [-0.3, -0.25) is 0 Å². The van der Waals surface area contributed by atoms with Crippen molar-refractivity contribution in [3.8, 4) is 0 Å². The molecule has 0 saturated heterocycles. The molecule has 0 rings (SSSR count). The fourth-order valence-corrected chi connectivity index (χ4v) is 0. The van der Waals surface area contributed by atoms with Gasteiger partial charge in [-0.15, -0.1) is 0 Å². The van der Waals surface area contributed by atoms with E-state index in [9.17, 15) is 0 Å². The maximum atomic E-state index is 0. The molecule has 0 amide bonds. The van der Waals surface area contributed by atoms with E-state index in [2.05, 4.69) is 0 Å². The molecule has 0 aliphatic heterocycles. The maximum absolute atomic E-state index is 0. The minimum atomic E-state index is 0. The predicted octanol–water partition coefficient (Wildman–Crippen LogP) is -9.74. The van der Waals surface area contributed by atoms with E-state index >= 15 is 0 Å². The Morgan fingerprint density at radius 1 is 0.214 bits per heavy atom. The third kappa shape index (κ3) is 5380000000. The first-order valence-corrected chi connectivity index (χ1v) is 0. The van der Waals surface area contributed by atoms with Crippen molar-refractivity contribution in [2.45, 2.75) is 0 Å². The van der Waals surface area contributed by atoms with Gasteiger partial charge in [0, 0.05) is 17.1 Å². The minimum absolute atomic E-state index is 0. The minimum Gasteiger partial charge on any atom is -0.412 e. The van der Waals surface area contributed by atoms with E-state index in [-0.39, 0.29) is 88.9 Å². The number of hydrogen-bond acceptors (Lipinski definition) is 1. The Hall–Kier alpha value is -0.000519. The first kappa shape index (κ1) is 8770000000. The fraction of sp³-hybridized carbons (Fsp3) is 0. The van der Waals surface area contributed by atoms with Crippen molar-refractivity contribution in [2.75, 3.05) is 0 Å². The van der Waals surface area contributed by atoms with Crippen molar-refractivity contribution in [1.29, 1.82) is 0 Å². The van der Waals surface area contributed by atoms with Gasteiger partial charge in [0.05, 0.1) is 0 Å². The summed E-state index contributed by atoms with van der Waals surface area (Å²) in [5, 5.41) is 0. The smallest absolute Gasteiger partial charge is 0 e. The van der Waals surface area contributed by atoms with Crippen LogP contribution in [-0.2, 0) is 17.1 Å². The van der Waals surface area contributed by atoms with Crippen LogP contribution in [0.2, 0.25) is 0 Å². The molecule has 0 heterocycles. The molecule has 0 fully saturated rings. The van der Waals surface area contributed by atoms with E-state index in [1.54, 1.807) is 0 Å². The molecule has 0 bridgehead atoms. The van der Waals surface area contributed by atoms with E-state index in [1.165, 1.54) is 0 Å². The van der Waals surface area contributed by atoms with Gasteiger partial charge in [-0.25, -0.2) is 0 Å². The zero-order valence-electron chi connectivity index (χ0n) is 7.06. The van der Waals surface area contributed by atoms with Gasteiger partial charge in [0.15, 0.2) is 0 Å². The summed E-state index contributed by atoms with van der Waals surface area (Å²) < 4.78 is 0. The van der Waals surface area contributed by atoms with Crippen LogP contribution in [0.25, 0.3) is 0 Å². The molecule has 0 spiro atoms. The molecule has 0 aromatic carbocycles. The molecule has 0 aromatic rings. The molecule has 13 nitrogen and oxygen atoms in total. The molecule has 0 saturated carbocycles. The summed E-state index contributed by atoms with van der Waals surface area (Å²) in [5.74, 6) is 0. The average molecular weight is 289 g/mol. The summed E-state index contributed by atoms with van der Waals surface area (Å²) in [5.41, 5.74) is 0. The normalized spacial score (nSPS) is 0. The van der Waals surface area contributed by atoms with Crippen molar-refractivity contribution in [3.63, 3.8) is 0 Å². The van der Waals surface area contributed by atoms with Crippen LogP contribution in [0.15, 0.2) is 0 Å². The summed E-state index contributed by atoms with van der Waals surface area (Å²) in [6.45, 7) is 0. The quantitative estimate of drug-likeness (QED) is 0.416.